The van der Waals surface area contributed by atoms with Crippen LogP contribution in [0.5, 0.6) is 0 Å². The monoisotopic (exact) mass is 228 g/mol. The van der Waals surface area contributed by atoms with Gasteiger partial charge in [-0.3, -0.25) is 4.79 Å². The van der Waals surface area contributed by atoms with Crippen LogP contribution in [0, 0.1) is 17.8 Å². The number of carbonyl (C=O) groups is 1. The Balaban J connectivity index is 1.93. The summed E-state index contributed by atoms with van der Waals surface area (Å²) in [5, 5.41) is 8.78. The zero-order chi connectivity index (χ0) is 12.0. The van der Waals surface area contributed by atoms with Crippen LogP contribution in [-0.2, 0) is 9.53 Å². The molecule has 0 aromatic carbocycles. The molecule has 3 atom stereocenters. The highest BCUT2D eigenvalue weighted by Crippen LogP contribution is 2.44. The number of rotatable bonds is 8. The van der Waals surface area contributed by atoms with Crippen molar-refractivity contribution in [3.05, 3.63) is 0 Å². The number of aliphatic hydroxyl groups is 1. The zero-order valence-corrected chi connectivity index (χ0v) is 10.4. The zero-order valence-electron chi connectivity index (χ0n) is 10.4. The van der Waals surface area contributed by atoms with Crippen LogP contribution in [0.1, 0.15) is 46.0 Å². The predicted molar refractivity (Wildman–Crippen MR) is 62.9 cm³/mol. The summed E-state index contributed by atoms with van der Waals surface area (Å²) in [4.78, 5) is 10.6. The summed E-state index contributed by atoms with van der Waals surface area (Å²) in [6.07, 6.45) is 5.91. The van der Waals surface area contributed by atoms with Gasteiger partial charge in [-0.1, -0.05) is 19.8 Å². The number of ether oxygens (including phenoxy) is 1. The first kappa shape index (κ1) is 13.5. The molecule has 16 heavy (non-hydrogen) atoms. The van der Waals surface area contributed by atoms with Crippen LogP contribution < -0.4 is 0 Å². The van der Waals surface area contributed by atoms with Gasteiger partial charge in [0.05, 0.1) is 6.61 Å². The molecule has 1 fully saturated rings. The lowest BCUT2D eigenvalue weighted by Gasteiger charge is -2.10. The molecule has 0 saturated heterocycles. The summed E-state index contributed by atoms with van der Waals surface area (Å²) in [6, 6.07) is 0. The Hall–Kier alpha value is -0.570. The van der Waals surface area contributed by atoms with Crippen LogP contribution in [0.2, 0.25) is 0 Å². The van der Waals surface area contributed by atoms with E-state index in [4.69, 9.17) is 9.84 Å². The summed E-state index contributed by atoms with van der Waals surface area (Å²) in [5.41, 5.74) is 0. The smallest absolute Gasteiger partial charge is 0.302 e. The van der Waals surface area contributed by atoms with Crippen molar-refractivity contribution >= 4 is 5.97 Å². The second-order valence-corrected chi connectivity index (χ2v) is 5.11. The van der Waals surface area contributed by atoms with Crippen molar-refractivity contribution in [3.8, 4) is 0 Å². The number of hydrogen-bond acceptors (Lipinski definition) is 3. The molecule has 1 rings (SSSR count). The van der Waals surface area contributed by atoms with Gasteiger partial charge in [-0.2, -0.15) is 0 Å². The third kappa shape index (κ3) is 5.50. The molecule has 1 aliphatic rings. The van der Waals surface area contributed by atoms with E-state index >= 15 is 0 Å². The van der Waals surface area contributed by atoms with E-state index < -0.39 is 0 Å². The van der Waals surface area contributed by atoms with Crippen molar-refractivity contribution in [2.75, 3.05) is 13.2 Å². The molecule has 1 aliphatic carbocycles. The maximum atomic E-state index is 10.6. The minimum Gasteiger partial charge on any atom is -0.466 e. The molecule has 0 spiro atoms. The van der Waals surface area contributed by atoms with Crippen molar-refractivity contribution in [1.29, 1.82) is 0 Å². The van der Waals surface area contributed by atoms with Crippen molar-refractivity contribution in [2.45, 2.75) is 46.0 Å². The fourth-order valence-corrected chi connectivity index (χ4v) is 2.25. The van der Waals surface area contributed by atoms with Gasteiger partial charge < -0.3 is 9.84 Å². The summed E-state index contributed by atoms with van der Waals surface area (Å²) >= 11 is 0. The lowest BCUT2D eigenvalue weighted by atomic mass is 10.0. The molecule has 3 nitrogen and oxygen atoms in total. The van der Waals surface area contributed by atoms with Crippen LogP contribution in [0.25, 0.3) is 0 Å². The van der Waals surface area contributed by atoms with Gasteiger partial charge in [0, 0.05) is 13.5 Å². The maximum Gasteiger partial charge on any atom is 0.302 e. The molecule has 0 aromatic heterocycles. The Bertz CT molecular complexity index is 215. The first-order valence-electron chi connectivity index (χ1n) is 6.37. The molecule has 0 unspecified atom stereocenters. The van der Waals surface area contributed by atoms with E-state index in [0.717, 1.165) is 24.7 Å². The van der Waals surface area contributed by atoms with Gasteiger partial charge in [-0.25, -0.2) is 0 Å². The van der Waals surface area contributed by atoms with E-state index in [2.05, 4.69) is 6.92 Å². The second-order valence-electron chi connectivity index (χ2n) is 5.11. The van der Waals surface area contributed by atoms with Crippen molar-refractivity contribution in [2.24, 2.45) is 17.8 Å². The lowest BCUT2D eigenvalue weighted by Crippen LogP contribution is -2.09. The van der Waals surface area contributed by atoms with E-state index in [0.29, 0.717) is 19.1 Å². The van der Waals surface area contributed by atoms with Crippen molar-refractivity contribution < 1.29 is 14.6 Å². The van der Waals surface area contributed by atoms with Gasteiger partial charge in [0.2, 0.25) is 0 Å². The SMILES string of the molecule is CC(=O)OC[C@@H](C)CCC[C@@H]1C[C@H]1CCO. The Morgan fingerprint density at radius 3 is 2.75 bits per heavy atom. The third-order valence-corrected chi connectivity index (χ3v) is 3.41. The van der Waals surface area contributed by atoms with Gasteiger partial charge >= 0.3 is 5.97 Å². The largest absolute Gasteiger partial charge is 0.466 e. The fourth-order valence-electron chi connectivity index (χ4n) is 2.25. The molecule has 94 valence electrons. The molecule has 0 bridgehead atoms. The fraction of sp³-hybridized carbons (Fsp3) is 0.923. The quantitative estimate of drug-likeness (QED) is 0.649. The Labute approximate surface area is 98.2 Å². The van der Waals surface area contributed by atoms with E-state index in [-0.39, 0.29) is 5.97 Å². The average molecular weight is 228 g/mol. The van der Waals surface area contributed by atoms with E-state index in [9.17, 15) is 4.79 Å². The lowest BCUT2D eigenvalue weighted by molar-refractivity contribution is -0.142. The Morgan fingerprint density at radius 2 is 2.12 bits per heavy atom. The van der Waals surface area contributed by atoms with Gasteiger partial charge in [-0.05, 0) is 37.0 Å². The molecule has 0 heterocycles. The first-order valence-corrected chi connectivity index (χ1v) is 6.37. The summed E-state index contributed by atoms with van der Waals surface area (Å²) < 4.78 is 4.96. The molecular formula is C13H24O3. The second kappa shape index (κ2) is 6.89. The molecular weight excluding hydrogens is 204 g/mol. The predicted octanol–water partition coefficient (Wildman–Crippen LogP) is 2.37. The van der Waals surface area contributed by atoms with Crippen molar-refractivity contribution in [1.82, 2.24) is 0 Å². The normalized spacial score (nSPS) is 25.2. The summed E-state index contributed by atoms with van der Waals surface area (Å²) in [5.74, 6) is 1.93. The Kier molecular flexibility index (Phi) is 5.81. The van der Waals surface area contributed by atoms with Gasteiger partial charge in [-0.15, -0.1) is 0 Å². The summed E-state index contributed by atoms with van der Waals surface area (Å²) in [6.45, 7) is 4.47. The van der Waals surface area contributed by atoms with E-state index in [1.165, 1.54) is 26.2 Å². The van der Waals surface area contributed by atoms with Crippen LogP contribution >= 0.6 is 0 Å². The Morgan fingerprint density at radius 1 is 1.44 bits per heavy atom. The van der Waals surface area contributed by atoms with Gasteiger partial charge in [0.15, 0.2) is 0 Å². The van der Waals surface area contributed by atoms with Crippen LogP contribution in [0.4, 0.5) is 0 Å². The minimum atomic E-state index is -0.183. The van der Waals surface area contributed by atoms with E-state index in [1.54, 1.807) is 0 Å². The molecule has 3 heteroatoms. The minimum absolute atomic E-state index is 0.183. The molecule has 0 amide bonds. The van der Waals surface area contributed by atoms with Crippen LogP contribution in [0.15, 0.2) is 0 Å². The van der Waals surface area contributed by atoms with E-state index in [1.807, 2.05) is 0 Å². The maximum absolute atomic E-state index is 10.6. The molecule has 1 N–H and O–H groups in total. The third-order valence-electron chi connectivity index (χ3n) is 3.41. The van der Waals surface area contributed by atoms with Gasteiger partial charge in [0.1, 0.15) is 0 Å². The number of carbonyl (C=O) groups excluding carboxylic acids is 1. The molecule has 1 saturated carbocycles. The number of aliphatic hydroxyl groups excluding tert-OH is 1. The topological polar surface area (TPSA) is 46.5 Å². The molecule has 0 radical (unpaired) electrons. The molecule has 0 aliphatic heterocycles. The van der Waals surface area contributed by atoms with Crippen LogP contribution in [0.3, 0.4) is 0 Å². The highest BCUT2D eigenvalue weighted by molar-refractivity contribution is 5.65. The van der Waals surface area contributed by atoms with Crippen LogP contribution in [-0.4, -0.2) is 24.3 Å². The number of esters is 1. The van der Waals surface area contributed by atoms with Gasteiger partial charge in [0.25, 0.3) is 0 Å². The molecule has 0 aromatic rings. The average Bonchev–Trinajstić information content (AvgIpc) is 2.94. The van der Waals surface area contributed by atoms with Crippen molar-refractivity contribution in [3.63, 3.8) is 0 Å². The standard InChI is InChI=1S/C13H24O3/c1-10(9-16-11(2)15)4-3-5-12-8-13(12)6-7-14/h10,12-14H,3-9H2,1-2H3/t10-,12+,13+/m0/s1. The summed E-state index contributed by atoms with van der Waals surface area (Å²) in [7, 11) is 0. The highest BCUT2D eigenvalue weighted by atomic mass is 16.5. The highest BCUT2D eigenvalue weighted by Gasteiger charge is 2.35. The first-order chi connectivity index (χ1) is 7.63. The number of hydrogen-bond donors (Lipinski definition) is 1.